The van der Waals surface area contributed by atoms with E-state index in [2.05, 4.69) is 15.3 Å². The zero-order valence-electron chi connectivity index (χ0n) is 19.1. The number of rotatable bonds is 10. The first kappa shape index (κ1) is 24.0. The molecule has 3 rings (SSSR count). The van der Waals surface area contributed by atoms with Crippen LogP contribution in [0.3, 0.4) is 0 Å². The van der Waals surface area contributed by atoms with Gasteiger partial charge in [0.25, 0.3) is 0 Å². The van der Waals surface area contributed by atoms with Gasteiger partial charge in [0.05, 0.1) is 31.7 Å². The van der Waals surface area contributed by atoms with Crippen molar-refractivity contribution in [1.82, 2.24) is 9.97 Å². The Morgan fingerprint density at radius 3 is 2.64 bits per heavy atom. The zero-order valence-corrected chi connectivity index (χ0v) is 19.1. The summed E-state index contributed by atoms with van der Waals surface area (Å²) in [7, 11) is 3.14. The second kappa shape index (κ2) is 11.3. The topological polar surface area (TPSA) is 129 Å². The Kier molecular flexibility index (Phi) is 8.22. The van der Waals surface area contributed by atoms with E-state index >= 15 is 0 Å². The van der Waals surface area contributed by atoms with Crippen LogP contribution in [0.5, 0.6) is 11.5 Å². The van der Waals surface area contributed by atoms with Crippen LogP contribution < -0.4 is 19.7 Å². The van der Waals surface area contributed by atoms with Crippen molar-refractivity contribution in [3.63, 3.8) is 0 Å². The van der Waals surface area contributed by atoms with Crippen molar-refractivity contribution >= 4 is 23.3 Å². The minimum Gasteiger partial charge on any atom is -0.493 e. The van der Waals surface area contributed by atoms with Gasteiger partial charge in [0.2, 0.25) is 11.6 Å². The molecule has 1 aromatic carbocycles. The highest BCUT2D eigenvalue weighted by Gasteiger charge is 2.32. The highest BCUT2D eigenvalue weighted by molar-refractivity contribution is 5.74. The van der Waals surface area contributed by atoms with Crippen molar-refractivity contribution in [3.05, 3.63) is 40.2 Å². The Labute approximate surface area is 192 Å². The van der Waals surface area contributed by atoms with Crippen LogP contribution in [0, 0.1) is 16.0 Å². The van der Waals surface area contributed by atoms with Gasteiger partial charge in [-0.2, -0.15) is 0 Å². The lowest BCUT2D eigenvalue weighted by Gasteiger charge is -2.31. The third-order valence-electron chi connectivity index (χ3n) is 5.57. The number of nitrogens with one attached hydrogen (secondary N) is 1. The second-order valence-corrected chi connectivity index (χ2v) is 7.49. The fourth-order valence-corrected chi connectivity index (χ4v) is 3.95. The van der Waals surface area contributed by atoms with E-state index in [0.29, 0.717) is 57.0 Å². The van der Waals surface area contributed by atoms with Gasteiger partial charge in [0, 0.05) is 19.6 Å². The Bertz CT molecular complexity index is 978. The summed E-state index contributed by atoms with van der Waals surface area (Å²) in [6, 6.07) is 5.58. The molecule has 0 radical (unpaired) electrons. The van der Waals surface area contributed by atoms with E-state index in [-0.39, 0.29) is 29.2 Å². The van der Waals surface area contributed by atoms with Gasteiger partial charge in [0.1, 0.15) is 6.33 Å². The third-order valence-corrected chi connectivity index (χ3v) is 5.57. The number of esters is 1. The van der Waals surface area contributed by atoms with Crippen LogP contribution in [0.2, 0.25) is 0 Å². The summed E-state index contributed by atoms with van der Waals surface area (Å²) in [6.07, 6.45) is 2.97. The fraction of sp³-hybridized carbons (Fsp3) is 0.500. The van der Waals surface area contributed by atoms with Crippen molar-refractivity contribution < 1.29 is 23.9 Å². The molecular formula is C22H29N5O6. The van der Waals surface area contributed by atoms with Gasteiger partial charge < -0.3 is 24.4 Å². The van der Waals surface area contributed by atoms with Gasteiger partial charge in [-0.3, -0.25) is 14.9 Å². The van der Waals surface area contributed by atoms with E-state index in [1.165, 1.54) is 6.33 Å². The van der Waals surface area contributed by atoms with Crippen LogP contribution in [0.1, 0.15) is 25.3 Å². The molecule has 0 bridgehead atoms. The van der Waals surface area contributed by atoms with Gasteiger partial charge in [0.15, 0.2) is 11.5 Å². The SMILES string of the molecule is CCOC(=O)C1CCN(c2ncnc(NCCc3cccc(OC)c3OC)c2[N+](=O)[O-])CC1. The lowest BCUT2D eigenvalue weighted by Crippen LogP contribution is -2.37. The largest absolute Gasteiger partial charge is 0.493 e. The van der Waals surface area contributed by atoms with Gasteiger partial charge in [-0.25, -0.2) is 9.97 Å². The standard InChI is InChI=1S/C22H29N5O6/c1-4-33-22(28)16-9-12-26(13-10-16)21-18(27(29)30)20(24-14-25-21)23-11-8-15-6-5-7-17(31-2)19(15)32-3/h5-7,14,16H,4,8-13H2,1-3H3,(H,23,24,25). The van der Waals surface area contributed by atoms with E-state index in [4.69, 9.17) is 14.2 Å². The molecule has 1 saturated heterocycles. The molecule has 0 spiro atoms. The quantitative estimate of drug-likeness (QED) is 0.322. The zero-order chi connectivity index (χ0) is 23.8. The van der Waals surface area contributed by atoms with Crippen molar-refractivity contribution in [2.45, 2.75) is 26.2 Å². The van der Waals surface area contributed by atoms with Crippen molar-refractivity contribution in [3.8, 4) is 11.5 Å². The molecule has 0 atom stereocenters. The minimum atomic E-state index is -0.471. The average Bonchev–Trinajstić information content (AvgIpc) is 2.83. The monoisotopic (exact) mass is 459 g/mol. The highest BCUT2D eigenvalue weighted by atomic mass is 16.6. The Morgan fingerprint density at radius 2 is 2.00 bits per heavy atom. The predicted octanol–water partition coefficient (Wildman–Crippen LogP) is 2.84. The van der Waals surface area contributed by atoms with Gasteiger partial charge in [-0.1, -0.05) is 12.1 Å². The number of hydrogen-bond acceptors (Lipinski definition) is 10. The molecule has 2 aromatic rings. The fourth-order valence-electron chi connectivity index (χ4n) is 3.95. The van der Waals surface area contributed by atoms with E-state index < -0.39 is 4.92 Å². The van der Waals surface area contributed by atoms with Crippen molar-refractivity contribution in [1.29, 1.82) is 0 Å². The number of hydrogen-bond donors (Lipinski definition) is 1. The van der Waals surface area contributed by atoms with E-state index in [9.17, 15) is 14.9 Å². The lowest BCUT2D eigenvalue weighted by atomic mass is 9.97. The Morgan fingerprint density at radius 1 is 1.24 bits per heavy atom. The number of piperidine rings is 1. The van der Waals surface area contributed by atoms with Crippen LogP contribution >= 0.6 is 0 Å². The molecule has 33 heavy (non-hydrogen) atoms. The predicted molar refractivity (Wildman–Crippen MR) is 122 cm³/mol. The number of nitrogens with zero attached hydrogens (tertiary/aromatic N) is 4. The normalized spacial score (nSPS) is 14.0. The molecule has 1 fully saturated rings. The molecular weight excluding hydrogens is 430 g/mol. The van der Waals surface area contributed by atoms with Gasteiger partial charge in [-0.15, -0.1) is 0 Å². The highest BCUT2D eigenvalue weighted by Crippen LogP contribution is 2.35. The Hall–Kier alpha value is -3.63. The van der Waals surface area contributed by atoms with Crippen LogP contribution in [0.15, 0.2) is 24.5 Å². The molecule has 1 N–H and O–H groups in total. The molecule has 2 heterocycles. The number of benzene rings is 1. The van der Waals surface area contributed by atoms with Crippen LogP contribution in [-0.2, 0) is 16.0 Å². The molecule has 11 nitrogen and oxygen atoms in total. The minimum absolute atomic E-state index is 0.152. The second-order valence-electron chi connectivity index (χ2n) is 7.49. The molecule has 1 aromatic heterocycles. The maximum Gasteiger partial charge on any atom is 0.353 e. The summed E-state index contributed by atoms with van der Waals surface area (Å²) >= 11 is 0. The van der Waals surface area contributed by atoms with Crippen LogP contribution in [0.25, 0.3) is 0 Å². The molecule has 0 saturated carbocycles. The summed E-state index contributed by atoms with van der Waals surface area (Å²) < 4.78 is 15.9. The number of anilines is 2. The van der Waals surface area contributed by atoms with E-state index in [1.54, 1.807) is 21.1 Å². The molecule has 0 aliphatic carbocycles. The molecule has 1 aliphatic rings. The maximum atomic E-state index is 12.0. The van der Waals surface area contributed by atoms with Gasteiger partial charge >= 0.3 is 11.7 Å². The van der Waals surface area contributed by atoms with E-state index in [1.807, 2.05) is 23.1 Å². The summed E-state index contributed by atoms with van der Waals surface area (Å²) in [5.41, 5.74) is 0.729. The molecule has 0 unspecified atom stereocenters. The molecule has 0 amide bonds. The molecule has 1 aliphatic heterocycles. The number of methoxy groups -OCH3 is 2. The summed E-state index contributed by atoms with van der Waals surface area (Å²) in [4.78, 5) is 33.6. The average molecular weight is 460 g/mol. The number of carbonyl (C=O) groups excluding carboxylic acids is 1. The summed E-state index contributed by atoms with van der Waals surface area (Å²) in [6.45, 7) is 3.46. The summed E-state index contributed by atoms with van der Waals surface area (Å²) in [5.74, 6) is 1.24. The summed E-state index contributed by atoms with van der Waals surface area (Å²) in [5, 5.41) is 15.0. The van der Waals surface area contributed by atoms with E-state index in [0.717, 1.165) is 5.56 Å². The maximum absolute atomic E-state index is 12.0. The third kappa shape index (κ3) is 5.60. The molecule has 178 valence electrons. The Balaban J connectivity index is 1.72. The first-order valence-corrected chi connectivity index (χ1v) is 10.8. The number of aromatic nitrogens is 2. The molecule has 11 heteroatoms. The van der Waals surface area contributed by atoms with Crippen molar-refractivity contribution in [2.75, 3.05) is 50.7 Å². The smallest absolute Gasteiger partial charge is 0.353 e. The van der Waals surface area contributed by atoms with Gasteiger partial charge in [-0.05, 0) is 37.8 Å². The van der Waals surface area contributed by atoms with Crippen molar-refractivity contribution in [2.24, 2.45) is 5.92 Å². The lowest BCUT2D eigenvalue weighted by molar-refractivity contribution is -0.383. The number of para-hydroxylation sites is 1. The number of nitro groups is 1. The number of ether oxygens (including phenoxy) is 3. The first-order chi connectivity index (χ1) is 16.0. The van der Waals surface area contributed by atoms with Crippen LogP contribution in [0.4, 0.5) is 17.3 Å². The number of carbonyl (C=O) groups is 1. The first-order valence-electron chi connectivity index (χ1n) is 10.8. The van der Waals surface area contributed by atoms with Crippen LogP contribution in [-0.4, -0.2) is 61.3 Å².